The largest absolute Gasteiger partial charge is 0.119 e. The molecule has 4 aliphatic carbocycles. The molecule has 4 atom stereocenters. The van der Waals surface area contributed by atoms with E-state index < -0.39 is 0 Å². The lowest BCUT2D eigenvalue weighted by Gasteiger charge is -2.55. The van der Waals surface area contributed by atoms with E-state index in [1.54, 1.807) is 0 Å². The van der Waals surface area contributed by atoms with Crippen LogP contribution < -0.4 is 0 Å². The van der Waals surface area contributed by atoms with Crippen molar-refractivity contribution in [2.75, 3.05) is 0 Å². The van der Waals surface area contributed by atoms with Crippen molar-refractivity contribution in [2.24, 2.45) is 17.8 Å². The molecule has 2 unspecified atom stereocenters. The number of halogens is 1. The van der Waals surface area contributed by atoms with E-state index in [9.17, 15) is 0 Å². The number of hydrogen-bond acceptors (Lipinski definition) is 0. The zero-order chi connectivity index (χ0) is 8.34. The molecule has 0 heterocycles. The van der Waals surface area contributed by atoms with E-state index in [0.717, 1.165) is 17.8 Å². The van der Waals surface area contributed by atoms with Crippen molar-refractivity contribution in [3.63, 3.8) is 0 Å². The standard InChI is InChI=1S/C11H15Cl/c1-7-9-2-8-3-10(7)6-11(12,4-8)5-9/h8-10H,1-6H2/t8?,9-,10+,11?. The molecule has 4 fully saturated rings. The number of alkyl halides is 1. The van der Waals surface area contributed by atoms with Crippen molar-refractivity contribution in [3.05, 3.63) is 12.2 Å². The molecule has 0 N–H and O–H groups in total. The maximum atomic E-state index is 6.56. The first kappa shape index (κ1) is 7.44. The van der Waals surface area contributed by atoms with Gasteiger partial charge in [0.2, 0.25) is 0 Å². The summed E-state index contributed by atoms with van der Waals surface area (Å²) in [6.45, 7) is 4.23. The van der Waals surface area contributed by atoms with Gasteiger partial charge in [-0.05, 0) is 49.9 Å². The zero-order valence-corrected chi connectivity index (χ0v) is 8.11. The van der Waals surface area contributed by atoms with Gasteiger partial charge in [-0.25, -0.2) is 0 Å². The molecule has 0 amide bonds. The summed E-state index contributed by atoms with van der Waals surface area (Å²) < 4.78 is 0. The second-order valence-corrected chi connectivity index (χ2v) is 5.87. The monoisotopic (exact) mass is 182 g/mol. The normalized spacial score (nSPS) is 56.4. The van der Waals surface area contributed by atoms with Gasteiger partial charge in [0.1, 0.15) is 0 Å². The lowest BCUT2D eigenvalue weighted by molar-refractivity contribution is 0.0874. The minimum atomic E-state index is 0.192. The van der Waals surface area contributed by atoms with E-state index in [1.165, 1.54) is 37.7 Å². The van der Waals surface area contributed by atoms with E-state index in [2.05, 4.69) is 6.58 Å². The lowest BCUT2D eigenvalue weighted by Crippen LogP contribution is -2.48. The second-order valence-electron chi connectivity index (χ2n) is 5.07. The van der Waals surface area contributed by atoms with Crippen LogP contribution in [0, 0.1) is 17.8 Å². The summed E-state index contributed by atoms with van der Waals surface area (Å²) in [7, 11) is 0. The first-order chi connectivity index (χ1) is 5.66. The summed E-state index contributed by atoms with van der Waals surface area (Å²) in [6, 6.07) is 0. The number of hydrogen-bond donors (Lipinski definition) is 0. The SMILES string of the molecule is C=C1[C@@H]2CC3C[C@H]1CC(Cl)(C3)C2. The van der Waals surface area contributed by atoms with E-state index in [0.29, 0.717) is 0 Å². The molecular formula is C11H15Cl. The van der Waals surface area contributed by atoms with Crippen molar-refractivity contribution in [1.82, 2.24) is 0 Å². The van der Waals surface area contributed by atoms with Crippen molar-refractivity contribution in [1.29, 1.82) is 0 Å². The molecular weight excluding hydrogens is 168 g/mol. The fourth-order valence-electron chi connectivity index (χ4n) is 3.78. The third-order valence-corrected chi connectivity index (χ3v) is 4.63. The van der Waals surface area contributed by atoms with Crippen LogP contribution in [-0.2, 0) is 0 Å². The van der Waals surface area contributed by atoms with Crippen LogP contribution >= 0.6 is 11.6 Å². The Morgan fingerprint density at radius 1 is 1.17 bits per heavy atom. The molecule has 0 aromatic rings. The van der Waals surface area contributed by atoms with Crippen LogP contribution in [0.1, 0.15) is 32.1 Å². The van der Waals surface area contributed by atoms with E-state index in [1.807, 2.05) is 0 Å². The Kier molecular flexibility index (Phi) is 1.30. The molecule has 0 saturated heterocycles. The lowest BCUT2D eigenvalue weighted by atomic mass is 9.54. The molecule has 1 heteroatoms. The van der Waals surface area contributed by atoms with Gasteiger partial charge in [0.25, 0.3) is 0 Å². The van der Waals surface area contributed by atoms with Gasteiger partial charge in [-0.1, -0.05) is 12.2 Å². The van der Waals surface area contributed by atoms with Crippen molar-refractivity contribution >= 4 is 11.6 Å². The summed E-state index contributed by atoms with van der Waals surface area (Å²) in [5, 5.41) is 0. The summed E-state index contributed by atoms with van der Waals surface area (Å²) in [4.78, 5) is 0.192. The minimum absolute atomic E-state index is 0.192. The molecule has 0 spiro atoms. The highest BCUT2D eigenvalue weighted by Crippen LogP contribution is 2.59. The average Bonchev–Trinajstić information content (AvgIpc) is 1.96. The van der Waals surface area contributed by atoms with Gasteiger partial charge in [-0.2, -0.15) is 0 Å². The Bertz CT molecular complexity index is 225. The average molecular weight is 183 g/mol. The highest BCUT2D eigenvalue weighted by Gasteiger charge is 2.51. The third kappa shape index (κ3) is 0.849. The van der Waals surface area contributed by atoms with Gasteiger partial charge >= 0.3 is 0 Å². The topological polar surface area (TPSA) is 0 Å². The van der Waals surface area contributed by atoms with E-state index in [4.69, 9.17) is 11.6 Å². The van der Waals surface area contributed by atoms with E-state index in [-0.39, 0.29) is 4.87 Å². The van der Waals surface area contributed by atoms with Gasteiger partial charge in [0.05, 0.1) is 0 Å². The maximum Gasteiger partial charge on any atom is 0.0460 e. The fraction of sp³-hybridized carbons (Fsp3) is 0.818. The van der Waals surface area contributed by atoms with Crippen LogP contribution in [0.15, 0.2) is 12.2 Å². The summed E-state index contributed by atoms with van der Waals surface area (Å²) in [6.07, 6.45) is 6.52. The van der Waals surface area contributed by atoms with Crippen LogP contribution in [0.25, 0.3) is 0 Å². The quantitative estimate of drug-likeness (QED) is 0.398. The van der Waals surface area contributed by atoms with E-state index >= 15 is 0 Å². The Balaban J connectivity index is 2.00. The van der Waals surface area contributed by atoms with Crippen molar-refractivity contribution in [3.8, 4) is 0 Å². The predicted octanol–water partition coefficient (Wildman–Crippen LogP) is 3.36. The first-order valence-electron chi connectivity index (χ1n) is 5.04. The highest BCUT2D eigenvalue weighted by atomic mass is 35.5. The van der Waals surface area contributed by atoms with Crippen LogP contribution in [0.2, 0.25) is 0 Å². The molecule has 4 aliphatic rings. The Morgan fingerprint density at radius 3 is 2.25 bits per heavy atom. The van der Waals surface area contributed by atoms with Gasteiger partial charge in [-0.15, -0.1) is 11.6 Å². The van der Waals surface area contributed by atoms with Crippen LogP contribution in [0.4, 0.5) is 0 Å². The predicted molar refractivity (Wildman–Crippen MR) is 51.3 cm³/mol. The summed E-state index contributed by atoms with van der Waals surface area (Å²) >= 11 is 6.56. The summed E-state index contributed by atoms with van der Waals surface area (Å²) in [5.41, 5.74) is 1.53. The zero-order valence-electron chi connectivity index (χ0n) is 7.35. The second kappa shape index (κ2) is 2.09. The Morgan fingerprint density at radius 2 is 1.75 bits per heavy atom. The molecule has 4 bridgehead atoms. The highest BCUT2D eigenvalue weighted by molar-refractivity contribution is 6.24. The molecule has 0 aliphatic heterocycles. The maximum absolute atomic E-state index is 6.56. The molecule has 4 saturated carbocycles. The van der Waals surface area contributed by atoms with Gasteiger partial charge in [0.15, 0.2) is 0 Å². The first-order valence-corrected chi connectivity index (χ1v) is 5.42. The Hall–Kier alpha value is 0.0300. The van der Waals surface area contributed by atoms with Crippen LogP contribution in [0.5, 0.6) is 0 Å². The molecule has 0 radical (unpaired) electrons. The van der Waals surface area contributed by atoms with Crippen LogP contribution in [0.3, 0.4) is 0 Å². The molecule has 0 aromatic heterocycles. The van der Waals surface area contributed by atoms with Gasteiger partial charge in [0, 0.05) is 4.87 Å². The third-order valence-electron chi connectivity index (χ3n) is 4.16. The molecule has 0 nitrogen and oxygen atoms in total. The number of allylic oxidation sites excluding steroid dienone is 1. The number of rotatable bonds is 0. The van der Waals surface area contributed by atoms with Crippen molar-refractivity contribution < 1.29 is 0 Å². The van der Waals surface area contributed by atoms with Crippen LogP contribution in [-0.4, -0.2) is 4.87 Å². The van der Waals surface area contributed by atoms with Gasteiger partial charge in [-0.3, -0.25) is 0 Å². The van der Waals surface area contributed by atoms with Gasteiger partial charge < -0.3 is 0 Å². The molecule has 66 valence electrons. The Labute approximate surface area is 79.0 Å². The minimum Gasteiger partial charge on any atom is -0.119 e. The molecule has 4 rings (SSSR count). The molecule has 0 aromatic carbocycles. The molecule has 12 heavy (non-hydrogen) atoms. The fourth-order valence-corrected chi connectivity index (χ4v) is 4.37. The smallest absolute Gasteiger partial charge is 0.0460 e. The summed E-state index contributed by atoms with van der Waals surface area (Å²) in [5.74, 6) is 2.51. The van der Waals surface area contributed by atoms with Crippen molar-refractivity contribution in [2.45, 2.75) is 37.0 Å².